The average Bonchev–Trinajstić information content (AvgIpc) is 2.62. The minimum atomic E-state index is -3.90. The van der Waals surface area contributed by atoms with E-state index < -0.39 is 21.7 Å². The summed E-state index contributed by atoms with van der Waals surface area (Å²) in [5.74, 6) is 7.71. The van der Waals surface area contributed by atoms with Gasteiger partial charge in [-0.2, -0.15) is 5.22 Å². The fourth-order valence-electron chi connectivity index (χ4n) is 2.28. The molecule has 0 aliphatic heterocycles. The molecule has 0 radical (unpaired) electrons. The van der Waals surface area contributed by atoms with Crippen LogP contribution in [0.4, 0.5) is 4.79 Å². The first-order chi connectivity index (χ1) is 13.6. The van der Waals surface area contributed by atoms with Crippen molar-refractivity contribution in [1.29, 1.82) is 0 Å². The highest BCUT2D eigenvalue weighted by Crippen LogP contribution is 2.23. The molecule has 0 unspecified atom stereocenters. The third-order valence-corrected chi connectivity index (χ3v) is 4.73. The largest absolute Gasteiger partial charge is 0.457 e. The van der Waals surface area contributed by atoms with Gasteiger partial charge >= 0.3 is 6.09 Å². The van der Waals surface area contributed by atoms with E-state index in [1.54, 1.807) is 12.1 Å². The van der Waals surface area contributed by atoms with E-state index in [0.29, 0.717) is 24.5 Å². The Morgan fingerprint density at radius 3 is 2.14 bits per heavy atom. The number of nitrogens with zero attached hydrogens (tertiary/aromatic N) is 1. The third kappa shape index (κ3) is 7.41. The van der Waals surface area contributed by atoms with Gasteiger partial charge in [0.05, 0.1) is 4.90 Å². The van der Waals surface area contributed by atoms with Crippen LogP contribution in [0.3, 0.4) is 0 Å². The summed E-state index contributed by atoms with van der Waals surface area (Å²) in [5.41, 5.74) is 0.484. The van der Waals surface area contributed by atoms with Crippen LogP contribution in [0.15, 0.2) is 57.9 Å². The summed E-state index contributed by atoms with van der Waals surface area (Å²) in [6, 6.07) is 13.0. The molecule has 0 saturated carbocycles. The lowest BCUT2D eigenvalue weighted by molar-refractivity contribution is -0.446. The smallest absolute Gasteiger partial charge is 0.407 e. The quantitative estimate of drug-likeness (QED) is 0.525. The number of amides is 1. The van der Waals surface area contributed by atoms with E-state index in [0.717, 1.165) is 5.56 Å². The number of ether oxygens (including phenoxy) is 2. The van der Waals surface area contributed by atoms with Gasteiger partial charge < -0.3 is 14.8 Å². The Bertz CT molecular complexity index is 950. The van der Waals surface area contributed by atoms with Crippen LogP contribution >= 0.6 is 0 Å². The number of benzene rings is 2. The lowest BCUT2D eigenvalue weighted by Crippen LogP contribution is -2.54. The Balaban J connectivity index is 1.88. The van der Waals surface area contributed by atoms with Crippen molar-refractivity contribution >= 4 is 16.1 Å². The monoisotopic (exact) mass is 420 g/mol. The normalized spacial score (nSPS) is 12.0. The Kier molecular flexibility index (Phi) is 7.16. The first-order valence-corrected chi connectivity index (χ1v) is 10.3. The fraction of sp³-hybridized carbons (Fsp3) is 0.316. The van der Waals surface area contributed by atoms with Crippen molar-refractivity contribution < 1.29 is 27.9 Å². The van der Waals surface area contributed by atoms with Gasteiger partial charge in [0.15, 0.2) is 0 Å². The van der Waals surface area contributed by atoms with E-state index in [9.17, 15) is 13.2 Å². The number of alkyl carbamates (subject to hydrolysis) is 1. The topological polar surface area (TPSA) is 132 Å². The van der Waals surface area contributed by atoms with E-state index in [1.165, 1.54) is 29.5 Å². The predicted octanol–water partition coefficient (Wildman–Crippen LogP) is 2.73. The summed E-state index contributed by atoms with van der Waals surface area (Å²) in [6.07, 6.45) is 0.189. The Hall–Kier alpha value is -3.14. The molecule has 10 heteroatoms. The first kappa shape index (κ1) is 22.2. The molecule has 156 valence electrons. The minimum absolute atomic E-state index is 0.0440. The number of hydrogen-bond donors (Lipinski definition) is 2. The summed E-state index contributed by atoms with van der Waals surface area (Å²) in [6.45, 7) is 5.87. The maximum atomic E-state index is 11.7. The van der Waals surface area contributed by atoms with Gasteiger partial charge in [-0.15, -0.1) is 0 Å². The van der Waals surface area contributed by atoms with E-state index >= 15 is 0 Å². The molecule has 0 fully saturated rings. The zero-order valence-electron chi connectivity index (χ0n) is 16.4. The molecule has 0 bridgehead atoms. The molecule has 3 N–H and O–H groups in total. The van der Waals surface area contributed by atoms with Gasteiger partial charge in [-0.25, -0.2) is 19.1 Å². The predicted molar refractivity (Wildman–Crippen MR) is 106 cm³/mol. The van der Waals surface area contributed by atoms with Crippen molar-refractivity contribution in [3.05, 3.63) is 59.9 Å². The molecule has 0 aliphatic rings. The number of carbonyl (C=O) groups is 1. The van der Waals surface area contributed by atoms with Crippen LogP contribution in [0.1, 0.15) is 26.3 Å². The summed E-state index contributed by atoms with van der Waals surface area (Å²) < 4.78 is 37.3. The molecule has 0 atom stereocenters. The van der Waals surface area contributed by atoms with Crippen molar-refractivity contribution in [3.8, 4) is 11.5 Å². The number of hydrogen-bond acceptors (Lipinski definition) is 5. The molecule has 1 amide bonds. The standard InChI is InChI=1S/C19H24N4O5S/c1-19(2,3)28-18(24)21-13-12-14-4-6-15(7-5-14)27-16-8-10-17(11-9-16)29(25,26)23-22-20/h4-11,22H,12-13H2,1-3H3,(H2-,20,21,23,24). The summed E-state index contributed by atoms with van der Waals surface area (Å²) >= 11 is 0. The van der Waals surface area contributed by atoms with Crippen molar-refractivity contribution in [2.75, 3.05) is 6.54 Å². The molecular weight excluding hydrogens is 396 g/mol. The van der Waals surface area contributed by atoms with Crippen LogP contribution in [0, 0.1) is 0 Å². The first-order valence-electron chi connectivity index (χ1n) is 8.81. The van der Waals surface area contributed by atoms with E-state index in [-0.39, 0.29) is 4.90 Å². The van der Waals surface area contributed by atoms with Crippen molar-refractivity contribution in [3.63, 3.8) is 0 Å². The van der Waals surface area contributed by atoms with Crippen molar-refractivity contribution in [1.82, 2.24) is 5.32 Å². The lowest BCUT2D eigenvalue weighted by Gasteiger charge is -2.19. The Labute approximate surface area is 169 Å². The summed E-state index contributed by atoms with van der Waals surface area (Å²) in [7, 11) is -3.90. The molecule has 0 aliphatic carbocycles. The number of sulfonamides is 1. The number of carbonyl (C=O) groups excluding carboxylic acids is 1. The van der Waals surface area contributed by atoms with E-state index in [2.05, 4.69) is 9.84 Å². The second-order valence-electron chi connectivity index (χ2n) is 7.07. The van der Waals surface area contributed by atoms with Gasteiger partial charge in [-0.05, 0) is 69.2 Å². The molecular formula is C19H24N4O5S. The van der Waals surface area contributed by atoms with Crippen molar-refractivity contribution in [2.45, 2.75) is 37.7 Å². The molecule has 0 aromatic heterocycles. The highest BCUT2D eigenvalue weighted by atomic mass is 32.2. The molecule has 2 aromatic carbocycles. The number of nitrogens with one attached hydrogen (secondary N) is 3. The van der Waals surface area contributed by atoms with Gasteiger partial charge in [-0.3, -0.25) is 0 Å². The van der Waals surface area contributed by atoms with Crippen LogP contribution in [0.5, 0.6) is 11.5 Å². The molecule has 9 nitrogen and oxygen atoms in total. The second-order valence-corrected chi connectivity index (χ2v) is 8.68. The van der Waals surface area contributed by atoms with Gasteiger partial charge in [0.2, 0.25) is 10.0 Å². The van der Waals surface area contributed by atoms with Crippen LogP contribution < -0.4 is 15.3 Å². The fourth-order valence-corrected chi connectivity index (χ4v) is 2.98. The van der Waals surface area contributed by atoms with Gasteiger partial charge in [0.25, 0.3) is 0 Å². The van der Waals surface area contributed by atoms with Gasteiger partial charge in [0.1, 0.15) is 17.1 Å². The van der Waals surface area contributed by atoms with Crippen LogP contribution in [-0.4, -0.2) is 26.7 Å². The average molecular weight is 420 g/mol. The Morgan fingerprint density at radius 1 is 1.07 bits per heavy atom. The molecule has 29 heavy (non-hydrogen) atoms. The molecule has 0 heterocycles. The SMILES string of the molecule is CC(C)(C)OC(=O)NCCc1ccc(Oc2ccc(S(=O)(=O)N=[NH+][NH-])cc2)cc1. The van der Waals surface area contributed by atoms with E-state index in [4.69, 9.17) is 15.3 Å². The molecule has 0 spiro atoms. The highest BCUT2D eigenvalue weighted by Gasteiger charge is 2.15. The van der Waals surface area contributed by atoms with Gasteiger partial charge in [-0.1, -0.05) is 16.7 Å². The van der Waals surface area contributed by atoms with E-state index in [1.807, 2.05) is 32.9 Å². The van der Waals surface area contributed by atoms with Crippen LogP contribution in [-0.2, 0) is 21.2 Å². The minimum Gasteiger partial charge on any atom is -0.457 e. The molecule has 2 aromatic rings. The maximum Gasteiger partial charge on any atom is 0.407 e. The number of rotatable bonds is 7. The van der Waals surface area contributed by atoms with Crippen LogP contribution in [0.25, 0.3) is 5.84 Å². The highest BCUT2D eigenvalue weighted by molar-refractivity contribution is 7.89. The maximum absolute atomic E-state index is 11.7. The Morgan fingerprint density at radius 2 is 1.62 bits per heavy atom. The zero-order valence-corrected chi connectivity index (χ0v) is 17.2. The van der Waals surface area contributed by atoms with Crippen molar-refractivity contribution in [2.24, 2.45) is 4.52 Å². The second kappa shape index (κ2) is 9.37. The zero-order chi connectivity index (χ0) is 21.5. The lowest BCUT2D eigenvalue weighted by atomic mass is 10.1. The van der Waals surface area contributed by atoms with Gasteiger partial charge in [0, 0.05) is 6.54 Å². The summed E-state index contributed by atoms with van der Waals surface area (Å²) in [5, 5.41) is 4.23. The molecule has 0 saturated heterocycles. The molecule has 2 rings (SSSR count). The van der Waals surface area contributed by atoms with Crippen LogP contribution in [0.2, 0.25) is 0 Å². The summed E-state index contributed by atoms with van der Waals surface area (Å²) in [4.78, 5) is 11.6. The third-order valence-electron chi connectivity index (χ3n) is 3.53.